The number of benzene rings is 2. The molecule has 9 nitrogen and oxygen atoms in total. The molecule has 0 aliphatic rings. The van der Waals surface area contributed by atoms with E-state index in [0.717, 1.165) is 6.21 Å². The Morgan fingerprint density at radius 2 is 1.74 bits per heavy atom. The van der Waals surface area contributed by atoms with Crippen molar-refractivity contribution in [1.82, 2.24) is 4.83 Å². The van der Waals surface area contributed by atoms with E-state index in [1.54, 1.807) is 32.0 Å². The summed E-state index contributed by atoms with van der Waals surface area (Å²) in [6.45, 7) is 4.01. The number of nitro groups is 1. The van der Waals surface area contributed by atoms with Crippen LogP contribution in [0.15, 0.2) is 52.5 Å². The van der Waals surface area contributed by atoms with E-state index in [1.165, 1.54) is 24.3 Å². The van der Waals surface area contributed by atoms with E-state index >= 15 is 0 Å². The SMILES string of the molecule is CCOc1cc(OCC)c([N+](=O)[O-])cc1/C=N/NS(=O)(=O)c1ccccc1. The molecule has 0 bridgehead atoms. The molecule has 0 fully saturated rings. The average molecular weight is 393 g/mol. The molecule has 2 aromatic rings. The van der Waals surface area contributed by atoms with Crippen LogP contribution in [0.2, 0.25) is 0 Å². The van der Waals surface area contributed by atoms with E-state index in [0.29, 0.717) is 6.61 Å². The number of nitrogens with zero attached hydrogens (tertiary/aromatic N) is 2. The number of nitro benzene ring substituents is 1. The molecule has 10 heteroatoms. The summed E-state index contributed by atoms with van der Waals surface area (Å²) >= 11 is 0. The minimum atomic E-state index is -3.85. The second-order valence-corrected chi connectivity index (χ2v) is 6.81. The first-order valence-corrected chi connectivity index (χ1v) is 9.55. The maximum absolute atomic E-state index is 12.2. The molecule has 144 valence electrons. The van der Waals surface area contributed by atoms with Gasteiger partial charge in [-0.25, -0.2) is 4.83 Å². The molecule has 0 atom stereocenters. The van der Waals surface area contributed by atoms with Crippen LogP contribution in [0.4, 0.5) is 5.69 Å². The van der Waals surface area contributed by atoms with Crippen molar-refractivity contribution in [3.63, 3.8) is 0 Å². The molecule has 0 heterocycles. The Labute approximate surface area is 156 Å². The lowest BCUT2D eigenvalue weighted by Gasteiger charge is -2.11. The van der Waals surface area contributed by atoms with Gasteiger partial charge >= 0.3 is 5.69 Å². The minimum Gasteiger partial charge on any atom is -0.493 e. The van der Waals surface area contributed by atoms with Gasteiger partial charge in [0.25, 0.3) is 10.0 Å². The fourth-order valence-corrected chi connectivity index (χ4v) is 2.99. The topological polar surface area (TPSA) is 120 Å². The van der Waals surface area contributed by atoms with Gasteiger partial charge in [-0.3, -0.25) is 10.1 Å². The van der Waals surface area contributed by atoms with E-state index in [1.807, 2.05) is 0 Å². The van der Waals surface area contributed by atoms with Crippen molar-refractivity contribution < 1.29 is 22.8 Å². The van der Waals surface area contributed by atoms with Crippen LogP contribution in [0.25, 0.3) is 0 Å². The van der Waals surface area contributed by atoms with Gasteiger partial charge in [-0.2, -0.15) is 13.5 Å². The minimum absolute atomic E-state index is 0.0462. The summed E-state index contributed by atoms with van der Waals surface area (Å²) < 4.78 is 35.1. The first kappa shape index (κ1) is 20.2. The normalized spacial score (nSPS) is 11.3. The highest BCUT2D eigenvalue weighted by atomic mass is 32.2. The maximum atomic E-state index is 12.2. The fraction of sp³-hybridized carbons (Fsp3) is 0.235. The van der Waals surface area contributed by atoms with Crippen LogP contribution >= 0.6 is 0 Å². The Morgan fingerprint density at radius 1 is 1.11 bits per heavy atom. The lowest BCUT2D eigenvalue weighted by atomic mass is 10.1. The zero-order chi connectivity index (χ0) is 19.9. The number of hydrogen-bond donors (Lipinski definition) is 1. The van der Waals surface area contributed by atoms with Gasteiger partial charge in [-0.05, 0) is 26.0 Å². The first-order valence-electron chi connectivity index (χ1n) is 8.07. The average Bonchev–Trinajstić information content (AvgIpc) is 2.64. The van der Waals surface area contributed by atoms with Crippen LogP contribution in [0.3, 0.4) is 0 Å². The van der Waals surface area contributed by atoms with E-state index in [9.17, 15) is 18.5 Å². The third kappa shape index (κ3) is 5.17. The zero-order valence-electron chi connectivity index (χ0n) is 14.8. The van der Waals surface area contributed by atoms with Gasteiger partial charge in [0, 0.05) is 17.7 Å². The van der Waals surface area contributed by atoms with Crippen molar-refractivity contribution in [2.75, 3.05) is 13.2 Å². The number of rotatable bonds is 9. The van der Waals surface area contributed by atoms with Gasteiger partial charge in [-0.15, -0.1) is 0 Å². The van der Waals surface area contributed by atoms with Crippen molar-refractivity contribution in [3.05, 3.63) is 58.1 Å². The monoisotopic (exact) mass is 393 g/mol. The van der Waals surface area contributed by atoms with Crippen molar-refractivity contribution in [1.29, 1.82) is 0 Å². The summed E-state index contributed by atoms with van der Waals surface area (Å²) in [6.07, 6.45) is 1.15. The summed E-state index contributed by atoms with van der Waals surface area (Å²) in [5.41, 5.74) is -0.0320. The van der Waals surface area contributed by atoms with E-state index < -0.39 is 14.9 Å². The third-order valence-corrected chi connectivity index (χ3v) is 4.56. The Bertz CT molecular complexity index is 929. The number of sulfonamides is 1. The fourth-order valence-electron chi connectivity index (χ4n) is 2.18. The Morgan fingerprint density at radius 3 is 2.33 bits per heavy atom. The molecule has 0 aliphatic heterocycles. The molecule has 0 amide bonds. The summed E-state index contributed by atoms with van der Waals surface area (Å²) in [6, 6.07) is 10.3. The number of hydrazone groups is 1. The molecule has 0 radical (unpaired) electrons. The van der Waals surface area contributed by atoms with Gasteiger partial charge < -0.3 is 9.47 Å². The molecule has 0 unspecified atom stereocenters. The molecule has 27 heavy (non-hydrogen) atoms. The Hall–Kier alpha value is -3.14. The van der Waals surface area contributed by atoms with Gasteiger partial charge in [0.05, 0.1) is 29.2 Å². The molecule has 1 N–H and O–H groups in total. The largest absolute Gasteiger partial charge is 0.493 e. The molecule has 2 rings (SSSR count). The van der Waals surface area contributed by atoms with Gasteiger partial charge in [0.2, 0.25) is 5.75 Å². The maximum Gasteiger partial charge on any atom is 0.311 e. The van der Waals surface area contributed by atoms with Crippen LogP contribution in [0, 0.1) is 10.1 Å². The number of ether oxygens (including phenoxy) is 2. The number of hydrogen-bond acceptors (Lipinski definition) is 7. The predicted octanol–water partition coefficient (Wildman–Crippen LogP) is 2.70. The summed E-state index contributed by atoms with van der Waals surface area (Å²) in [5, 5.41) is 15.0. The van der Waals surface area contributed by atoms with Crippen molar-refractivity contribution in [2.24, 2.45) is 5.10 Å². The van der Waals surface area contributed by atoms with Gasteiger partial charge in [-0.1, -0.05) is 18.2 Å². The van der Waals surface area contributed by atoms with Crippen LogP contribution in [0.5, 0.6) is 11.5 Å². The summed E-state index contributed by atoms with van der Waals surface area (Å²) in [5.74, 6) is 0.349. The molecule has 2 aromatic carbocycles. The molecule has 0 saturated heterocycles. The van der Waals surface area contributed by atoms with E-state index in [2.05, 4.69) is 9.93 Å². The van der Waals surface area contributed by atoms with Crippen LogP contribution in [-0.4, -0.2) is 32.8 Å². The van der Waals surface area contributed by atoms with E-state index in [-0.39, 0.29) is 34.3 Å². The highest BCUT2D eigenvalue weighted by molar-refractivity contribution is 7.89. The standard InChI is InChI=1S/C17H19N3O6S/c1-3-25-16-11-17(26-4-2)15(20(21)22)10-13(16)12-18-19-27(23,24)14-8-6-5-7-9-14/h5-12,19H,3-4H2,1-2H3/b18-12+. The second-order valence-electron chi connectivity index (χ2n) is 5.15. The Balaban J connectivity index is 2.34. The Kier molecular flexibility index (Phi) is 6.72. The van der Waals surface area contributed by atoms with Crippen molar-refractivity contribution in [2.45, 2.75) is 18.7 Å². The molecule has 0 aromatic heterocycles. The lowest BCUT2D eigenvalue weighted by Crippen LogP contribution is -2.18. The van der Waals surface area contributed by atoms with Crippen LogP contribution < -0.4 is 14.3 Å². The molecular formula is C17H19N3O6S. The zero-order valence-corrected chi connectivity index (χ0v) is 15.6. The molecule has 0 spiro atoms. The predicted molar refractivity (Wildman–Crippen MR) is 99.8 cm³/mol. The third-order valence-electron chi connectivity index (χ3n) is 3.32. The second kappa shape index (κ2) is 8.99. The summed E-state index contributed by atoms with van der Waals surface area (Å²) in [4.78, 5) is 12.8. The van der Waals surface area contributed by atoms with E-state index in [4.69, 9.17) is 9.47 Å². The quantitative estimate of drug-likeness (QED) is 0.397. The van der Waals surface area contributed by atoms with Crippen molar-refractivity contribution >= 4 is 21.9 Å². The highest BCUT2D eigenvalue weighted by Crippen LogP contribution is 2.34. The smallest absolute Gasteiger partial charge is 0.311 e. The van der Waals surface area contributed by atoms with Gasteiger partial charge in [0.15, 0.2) is 0 Å². The van der Waals surface area contributed by atoms with Gasteiger partial charge in [0.1, 0.15) is 5.75 Å². The van der Waals surface area contributed by atoms with Crippen LogP contribution in [0.1, 0.15) is 19.4 Å². The van der Waals surface area contributed by atoms with Crippen molar-refractivity contribution in [3.8, 4) is 11.5 Å². The van der Waals surface area contributed by atoms with Crippen LogP contribution in [-0.2, 0) is 10.0 Å². The molecule has 0 aliphatic carbocycles. The summed E-state index contributed by atoms with van der Waals surface area (Å²) in [7, 11) is -3.85. The lowest BCUT2D eigenvalue weighted by molar-refractivity contribution is -0.385. The highest BCUT2D eigenvalue weighted by Gasteiger charge is 2.20. The molecule has 0 saturated carbocycles. The number of nitrogens with one attached hydrogen (secondary N) is 1. The first-order chi connectivity index (χ1) is 12.9. The molecular weight excluding hydrogens is 374 g/mol.